The van der Waals surface area contributed by atoms with Crippen LogP contribution in [-0.2, 0) is 5.75 Å². The molecule has 0 radical (unpaired) electrons. The zero-order valence-electron chi connectivity index (χ0n) is 10.7. The van der Waals surface area contributed by atoms with Gasteiger partial charge >= 0.3 is 0 Å². The third-order valence-electron chi connectivity index (χ3n) is 2.83. The predicted molar refractivity (Wildman–Crippen MR) is 77.8 cm³/mol. The Bertz CT molecular complexity index is 587. The van der Waals surface area contributed by atoms with Crippen LogP contribution >= 0.6 is 11.8 Å². The summed E-state index contributed by atoms with van der Waals surface area (Å²) in [6.07, 6.45) is -0.522. The van der Waals surface area contributed by atoms with Gasteiger partial charge in [0.2, 0.25) is 0 Å². The van der Waals surface area contributed by atoms with Gasteiger partial charge in [0.1, 0.15) is 0 Å². The largest absolute Gasteiger partial charge is 0.389 e. The molecule has 19 heavy (non-hydrogen) atoms. The average molecular weight is 269 g/mol. The first-order chi connectivity index (χ1) is 9.20. The number of benzene rings is 2. The Hall–Kier alpha value is -1.76. The zero-order chi connectivity index (χ0) is 13.7. The van der Waals surface area contributed by atoms with Gasteiger partial charge in [0.05, 0.1) is 17.7 Å². The molecule has 0 aliphatic heterocycles. The van der Waals surface area contributed by atoms with Gasteiger partial charge in [-0.25, -0.2) is 0 Å². The number of nitrogens with zero attached hydrogens (tertiary/aromatic N) is 1. The highest BCUT2D eigenvalue weighted by atomic mass is 32.2. The maximum atomic E-state index is 9.77. The number of hydrogen-bond donors (Lipinski definition) is 1. The van der Waals surface area contributed by atoms with Crippen molar-refractivity contribution in [2.45, 2.75) is 23.7 Å². The Labute approximate surface area is 117 Å². The summed E-state index contributed by atoms with van der Waals surface area (Å²) in [4.78, 5) is 0.970. The van der Waals surface area contributed by atoms with Crippen molar-refractivity contribution in [3.05, 3.63) is 65.2 Å². The number of aliphatic hydroxyl groups is 1. The summed E-state index contributed by atoms with van der Waals surface area (Å²) in [6, 6.07) is 17.7. The Kier molecular flexibility index (Phi) is 4.62. The van der Waals surface area contributed by atoms with E-state index in [2.05, 4.69) is 18.2 Å². The van der Waals surface area contributed by atoms with Crippen LogP contribution in [0.1, 0.15) is 29.7 Å². The molecule has 0 bridgehead atoms. The van der Waals surface area contributed by atoms with Gasteiger partial charge < -0.3 is 5.11 Å². The van der Waals surface area contributed by atoms with Crippen molar-refractivity contribution < 1.29 is 5.11 Å². The molecule has 0 spiro atoms. The Morgan fingerprint density at radius 2 is 1.95 bits per heavy atom. The second-order valence-electron chi connectivity index (χ2n) is 4.31. The van der Waals surface area contributed by atoms with Crippen LogP contribution in [0.15, 0.2) is 53.4 Å². The van der Waals surface area contributed by atoms with Gasteiger partial charge in [-0.2, -0.15) is 5.26 Å². The minimum absolute atomic E-state index is 0.522. The SMILES string of the molecule is C[C@H](O)c1ccc(C#N)cc1SCc1ccccc1. The van der Waals surface area contributed by atoms with E-state index in [1.165, 1.54) is 5.56 Å². The van der Waals surface area contributed by atoms with Crippen molar-refractivity contribution in [2.75, 3.05) is 0 Å². The molecule has 1 atom stereocenters. The Balaban J connectivity index is 2.21. The maximum absolute atomic E-state index is 9.77. The van der Waals surface area contributed by atoms with E-state index < -0.39 is 6.10 Å². The molecule has 0 fully saturated rings. The normalized spacial score (nSPS) is 11.8. The van der Waals surface area contributed by atoms with E-state index in [0.29, 0.717) is 5.56 Å². The maximum Gasteiger partial charge on any atom is 0.0992 e. The van der Waals surface area contributed by atoms with Crippen LogP contribution in [0.3, 0.4) is 0 Å². The fourth-order valence-corrected chi connectivity index (χ4v) is 2.94. The van der Waals surface area contributed by atoms with E-state index in [1.54, 1.807) is 24.8 Å². The molecule has 1 N–H and O–H groups in total. The highest BCUT2D eigenvalue weighted by molar-refractivity contribution is 7.98. The summed E-state index contributed by atoms with van der Waals surface area (Å²) >= 11 is 1.65. The van der Waals surface area contributed by atoms with Crippen molar-refractivity contribution >= 4 is 11.8 Å². The van der Waals surface area contributed by atoms with Crippen molar-refractivity contribution in [1.29, 1.82) is 5.26 Å². The highest BCUT2D eigenvalue weighted by Gasteiger charge is 2.09. The molecule has 0 saturated carbocycles. The van der Waals surface area contributed by atoms with E-state index in [1.807, 2.05) is 30.3 Å². The van der Waals surface area contributed by atoms with Crippen LogP contribution in [0.4, 0.5) is 0 Å². The first-order valence-electron chi connectivity index (χ1n) is 6.09. The molecule has 0 heterocycles. The third kappa shape index (κ3) is 3.60. The van der Waals surface area contributed by atoms with Gasteiger partial charge in [0.25, 0.3) is 0 Å². The van der Waals surface area contributed by atoms with E-state index in [4.69, 9.17) is 5.26 Å². The van der Waals surface area contributed by atoms with Crippen molar-refractivity contribution in [3.8, 4) is 6.07 Å². The lowest BCUT2D eigenvalue weighted by Gasteiger charge is -2.12. The first kappa shape index (κ1) is 13.7. The summed E-state index contributed by atoms with van der Waals surface area (Å²) in [6.45, 7) is 1.74. The third-order valence-corrected chi connectivity index (χ3v) is 3.97. The van der Waals surface area contributed by atoms with Crippen LogP contribution in [0.25, 0.3) is 0 Å². The molecule has 0 saturated heterocycles. The van der Waals surface area contributed by atoms with Crippen molar-refractivity contribution in [1.82, 2.24) is 0 Å². The first-order valence-corrected chi connectivity index (χ1v) is 7.08. The summed E-state index contributed by atoms with van der Waals surface area (Å²) in [5.41, 5.74) is 2.73. The standard InChI is InChI=1S/C16H15NOS/c1-12(18)15-8-7-14(10-17)9-16(15)19-11-13-5-3-2-4-6-13/h2-9,12,18H,11H2,1H3/t12-/m0/s1. The molecule has 2 aromatic rings. The summed E-state index contributed by atoms with van der Waals surface area (Å²) in [7, 11) is 0. The molecule has 96 valence electrons. The molecule has 0 aliphatic carbocycles. The molecular formula is C16H15NOS. The number of rotatable bonds is 4. The van der Waals surface area contributed by atoms with Gasteiger partial charge in [-0.3, -0.25) is 0 Å². The van der Waals surface area contributed by atoms with E-state index in [9.17, 15) is 5.11 Å². The van der Waals surface area contributed by atoms with Gasteiger partial charge in [0.15, 0.2) is 0 Å². The highest BCUT2D eigenvalue weighted by Crippen LogP contribution is 2.30. The van der Waals surface area contributed by atoms with Crippen LogP contribution < -0.4 is 0 Å². The smallest absolute Gasteiger partial charge is 0.0992 e. The molecule has 3 heteroatoms. The fourth-order valence-electron chi connectivity index (χ4n) is 1.81. The second kappa shape index (κ2) is 6.42. The van der Waals surface area contributed by atoms with Gasteiger partial charge in [-0.15, -0.1) is 11.8 Å². The minimum Gasteiger partial charge on any atom is -0.389 e. The monoisotopic (exact) mass is 269 g/mol. The molecule has 2 nitrogen and oxygen atoms in total. The van der Waals surface area contributed by atoms with Gasteiger partial charge in [-0.05, 0) is 30.2 Å². The lowest BCUT2D eigenvalue weighted by Crippen LogP contribution is -1.95. The van der Waals surface area contributed by atoms with Crippen LogP contribution in [0, 0.1) is 11.3 Å². The van der Waals surface area contributed by atoms with Crippen LogP contribution in [0.2, 0.25) is 0 Å². The number of aliphatic hydroxyl groups excluding tert-OH is 1. The molecule has 2 rings (SSSR count). The Morgan fingerprint density at radius 1 is 1.21 bits per heavy atom. The van der Waals surface area contributed by atoms with Crippen LogP contribution in [-0.4, -0.2) is 5.11 Å². The van der Waals surface area contributed by atoms with E-state index in [0.717, 1.165) is 16.2 Å². The molecule has 0 aromatic heterocycles. The van der Waals surface area contributed by atoms with Gasteiger partial charge in [0, 0.05) is 10.6 Å². The lowest BCUT2D eigenvalue weighted by molar-refractivity contribution is 0.196. The minimum atomic E-state index is -0.522. The molecule has 0 amide bonds. The lowest BCUT2D eigenvalue weighted by atomic mass is 10.1. The summed E-state index contributed by atoms with van der Waals surface area (Å²) in [5, 5.41) is 18.7. The van der Waals surface area contributed by atoms with Crippen LogP contribution in [0.5, 0.6) is 0 Å². The van der Waals surface area contributed by atoms with E-state index in [-0.39, 0.29) is 0 Å². The number of hydrogen-bond acceptors (Lipinski definition) is 3. The van der Waals surface area contributed by atoms with Gasteiger partial charge in [-0.1, -0.05) is 36.4 Å². The quantitative estimate of drug-likeness (QED) is 0.856. The molecule has 0 aliphatic rings. The Morgan fingerprint density at radius 3 is 2.58 bits per heavy atom. The predicted octanol–water partition coefficient (Wildman–Crippen LogP) is 3.90. The van der Waals surface area contributed by atoms with E-state index >= 15 is 0 Å². The second-order valence-corrected chi connectivity index (χ2v) is 5.33. The summed E-state index contributed by atoms with van der Waals surface area (Å²) in [5.74, 6) is 0.829. The molecular weight excluding hydrogens is 254 g/mol. The number of nitriles is 1. The molecule has 2 aromatic carbocycles. The summed E-state index contributed by atoms with van der Waals surface area (Å²) < 4.78 is 0. The molecule has 0 unspecified atom stereocenters. The fraction of sp³-hybridized carbons (Fsp3) is 0.188. The van der Waals surface area contributed by atoms with Crippen molar-refractivity contribution in [2.24, 2.45) is 0 Å². The van der Waals surface area contributed by atoms with Crippen molar-refractivity contribution in [3.63, 3.8) is 0 Å². The average Bonchev–Trinajstić information content (AvgIpc) is 2.45. The topological polar surface area (TPSA) is 44.0 Å². The number of thioether (sulfide) groups is 1. The zero-order valence-corrected chi connectivity index (χ0v) is 11.5.